The zero-order valence-corrected chi connectivity index (χ0v) is 15.0. The summed E-state index contributed by atoms with van der Waals surface area (Å²) in [5, 5.41) is 3.95. The molecule has 0 N–H and O–H groups in total. The number of methoxy groups -OCH3 is 1. The second-order valence-electron chi connectivity index (χ2n) is 5.98. The molecule has 0 saturated carbocycles. The minimum absolute atomic E-state index is 0.164. The fourth-order valence-electron chi connectivity index (χ4n) is 2.51. The van der Waals surface area contributed by atoms with Gasteiger partial charge in [0.15, 0.2) is 0 Å². The predicted octanol–water partition coefficient (Wildman–Crippen LogP) is 3.90. The molecule has 0 aliphatic heterocycles. The van der Waals surface area contributed by atoms with Gasteiger partial charge in [0.1, 0.15) is 11.5 Å². The summed E-state index contributed by atoms with van der Waals surface area (Å²) in [7, 11) is 1.61. The lowest BCUT2D eigenvalue weighted by Gasteiger charge is -2.07. The van der Waals surface area contributed by atoms with Gasteiger partial charge < -0.3 is 14.0 Å². The Morgan fingerprint density at radius 1 is 1.12 bits per heavy atom. The first kappa shape index (κ1) is 17.7. The Balaban J connectivity index is 1.58. The van der Waals surface area contributed by atoms with Gasteiger partial charge in [-0.2, -0.15) is 4.98 Å². The van der Waals surface area contributed by atoms with Crippen LogP contribution in [0.5, 0.6) is 11.5 Å². The van der Waals surface area contributed by atoms with Gasteiger partial charge in [0, 0.05) is 12.0 Å². The highest BCUT2D eigenvalue weighted by atomic mass is 16.5. The van der Waals surface area contributed by atoms with Crippen LogP contribution in [0, 0.1) is 13.8 Å². The third kappa shape index (κ3) is 4.27. The monoisotopic (exact) mass is 352 g/mol. The van der Waals surface area contributed by atoms with Crippen molar-refractivity contribution in [2.45, 2.75) is 26.7 Å². The van der Waals surface area contributed by atoms with Gasteiger partial charge in [0.05, 0.1) is 13.5 Å². The number of hydrogen-bond acceptors (Lipinski definition) is 6. The Hall–Kier alpha value is -3.15. The average molecular weight is 352 g/mol. The number of ether oxygens (including phenoxy) is 2. The van der Waals surface area contributed by atoms with E-state index >= 15 is 0 Å². The van der Waals surface area contributed by atoms with Gasteiger partial charge in [-0.25, -0.2) is 0 Å². The molecule has 0 aliphatic rings. The molecule has 0 bridgehead atoms. The molecular weight excluding hydrogens is 332 g/mol. The van der Waals surface area contributed by atoms with Crippen LogP contribution in [0.3, 0.4) is 0 Å². The molecule has 26 heavy (non-hydrogen) atoms. The first-order valence-corrected chi connectivity index (χ1v) is 8.30. The number of aromatic nitrogens is 2. The van der Waals surface area contributed by atoms with Crippen molar-refractivity contribution >= 4 is 5.97 Å². The van der Waals surface area contributed by atoms with E-state index in [9.17, 15) is 4.79 Å². The van der Waals surface area contributed by atoms with Crippen molar-refractivity contribution < 1.29 is 18.8 Å². The zero-order chi connectivity index (χ0) is 18.5. The molecule has 0 unspecified atom stereocenters. The van der Waals surface area contributed by atoms with E-state index in [4.69, 9.17) is 14.0 Å². The van der Waals surface area contributed by atoms with Crippen LogP contribution in [-0.2, 0) is 11.2 Å². The fourth-order valence-corrected chi connectivity index (χ4v) is 2.51. The van der Waals surface area contributed by atoms with Crippen LogP contribution in [-0.4, -0.2) is 23.2 Å². The van der Waals surface area contributed by atoms with Crippen LogP contribution in [0.25, 0.3) is 11.4 Å². The van der Waals surface area contributed by atoms with Gasteiger partial charge in [0.25, 0.3) is 0 Å². The van der Waals surface area contributed by atoms with Gasteiger partial charge in [-0.05, 0) is 49.7 Å². The van der Waals surface area contributed by atoms with E-state index in [1.54, 1.807) is 13.2 Å². The van der Waals surface area contributed by atoms with Crippen molar-refractivity contribution in [1.29, 1.82) is 0 Å². The molecule has 0 amide bonds. The summed E-state index contributed by atoms with van der Waals surface area (Å²) < 4.78 is 15.7. The lowest BCUT2D eigenvalue weighted by molar-refractivity contribution is -0.134. The summed E-state index contributed by atoms with van der Waals surface area (Å²) in [5.74, 6) is 1.87. The molecule has 0 spiro atoms. The van der Waals surface area contributed by atoms with Gasteiger partial charge >= 0.3 is 5.97 Å². The van der Waals surface area contributed by atoms with Crippen LogP contribution >= 0.6 is 0 Å². The summed E-state index contributed by atoms with van der Waals surface area (Å²) >= 11 is 0. The quantitative estimate of drug-likeness (QED) is 0.495. The number of esters is 1. The van der Waals surface area contributed by atoms with Gasteiger partial charge in [-0.3, -0.25) is 4.79 Å². The highest BCUT2D eigenvalue weighted by Gasteiger charge is 2.13. The standard InChI is InChI=1S/C20H20N2O4/c1-13-4-9-17(14(2)12-13)25-19(23)11-10-18-21-20(22-26-18)15-5-7-16(24-3)8-6-15/h4-9,12H,10-11H2,1-3H3. The van der Waals surface area contributed by atoms with Crippen molar-refractivity contribution in [2.24, 2.45) is 0 Å². The topological polar surface area (TPSA) is 74.5 Å². The fraction of sp³-hybridized carbons (Fsp3) is 0.250. The Bertz CT molecular complexity index is 900. The third-order valence-electron chi connectivity index (χ3n) is 3.91. The number of aryl methyl sites for hydroxylation is 3. The molecule has 0 saturated heterocycles. The Morgan fingerprint density at radius 3 is 2.58 bits per heavy atom. The summed E-state index contributed by atoms with van der Waals surface area (Å²) in [4.78, 5) is 16.4. The molecule has 0 radical (unpaired) electrons. The molecule has 6 nitrogen and oxygen atoms in total. The zero-order valence-electron chi connectivity index (χ0n) is 15.0. The van der Waals surface area contributed by atoms with E-state index in [1.807, 2.05) is 50.2 Å². The normalized spacial score (nSPS) is 10.6. The molecule has 0 fully saturated rings. The summed E-state index contributed by atoms with van der Waals surface area (Å²) in [5.41, 5.74) is 2.87. The number of benzene rings is 2. The second-order valence-corrected chi connectivity index (χ2v) is 5.98. The Morgan fingerprint density at radius 2 is 1.88 bits per heavy atom. The van der Waals surface area contributed by atoms with Crippen LogP contribution < -0.4 is 9.47 Å². The molecule has 0 aliphatic carbocycles. The first-order chi connectivity index (χ1) is 12.5. The summed E-state index contributed by atoms with van der Waals surface area (Å²) in [6.07, 6.45) is 0.491. The van der Waals surface area contributed by atoms with Crippen molar-refractivity contribution in [3.05, 3.63) is 59.5 Å². The Kier molecular flexibility index (Phi) is 5.31. The lowest BCUT2D eigenvalue weighted by Crippen LogP contribution is -2.10. The molecule has 2 aromatic carbocycles. The number of nitrogens with zero attached hydrogens (tertiary/aromatic N) is 2. The maximum absolute atomic E-state index is 12.0. The van der Waals surface area contributed by atoms with Gasteiger partial charge in [-0.15, -0.1) is 0 Å². The smallest absolute Gasteiger partial charge is 0.311 e. The van der Waals surface area contributed by atoms with E-state index in [0.717, 1.165) is 22.4 Å². The molecule has 1 aromatic heterocycles. The van der Waals surface area contributed by atoms with E-state index in [0.29, 0.717) is 23.9 Å². The molecular formula is C20H20N2O4. The minimum atomic E-state index is -0.332. The van der Waals surface area contributed by atoms with Crippen molar-refractivity contribution in [2.75, 3.05) is 7.11 Å². The van der Waals surface area contributed by atoms with E-state index in [-0.39, 0.29) is 12.4 Å². The van der Waals surface area contributed by atoms with Crippen molar-refractivity contribution in [1.82, 2.24) is 10.1 Å². The maximum atomic E-state index is 12.0. The number of carbonyl (C=O) groups excluding carboxylic acids is 1. The van der Waals surface area contributed by atoms with Crippen LogP contribution in [0.4, 0.5) is 0 Å². The maximum Gasteiger partial charge on any atom is 0.311 e. The highest BCUT2D eigenvalue weighted by molar-refractivity contribution is 5.73. The molecule has 134 valence electrons. The van der Waals surface area contributed by atoms with Crippen molar-refractivity contribution in [3.63, 3.8) is 0 Å². The highest BCUT2D eigenvalue weighted by Crippen LogP contribution is 2.21. The van der Waals surface area contributed by atoms with Gasteiger partial charge in [0.2, 0.25) is 11.7 Å². The third-order valence-corrected chi connectivity index (χ3v) is 3.91. The average Bonchev–Trinajstić information content (AvgIpc) is 3.11. The number of carbonyl (C=O) groups is 1. The van der Waals surface area contributed by atoms with E-state index in [1.165, 1.54) is 0 Å². The van der Waals surface area contributed by atoms with Crippen LogP contribution in [0.15, 0.2) is 47.0 Å². The van der Waals surface area contributed by atoms with Crippen LogP contribution in [0.1, 0.15) is 23.4 Å². The molecule has 1 heterocycles. The summed E-state index contributed by atoms with van der Waals surface area (Å²) in [6.45, 7) is 3.91. The minimum Gasteiger partial charge on any atom is -0.497 e. The molecule has 6 heteroatoms. The molecule has 3 aromatic rings. The summed E-state index contributed by atoms with van der Waals surface area (Å²) in [6, 6.07) is 13.0. The van der Waals surface area contributed by atoms with Crippen molar-refractivity contribution in [3.8, 4) is 22.9 Å². The van der Waals surface area contributed by atoms with E-state index < -0.39 is 0 Å². The number of rotatable bonds is 6. The lowest BCUT2D eigenvalue weighted by atomic mass is 10.1. The first-order valence-electron chi connectivity index (χ1n) is 8.30. The predicted molar refractivity (Wildman–Crippen MR) is 96.2 cm³/mol. The Labute approximate surface area is 151 Å². The molecule has 3 rings (SSSR count). The molecule has 0 atom stereocenters. The second kappa shape index (κ2) is 7.82. The van der Waals surface area contributed by atoms with Crippen LogP contribution in [0.2, 0.25) is 0 Å². The SMILES string of the molecule is COc1ccc(-c2noc(CCC(=O)Oc3ccc(C)cc3C)n2)cc1. The van der Waals surface area contributed by atoms with Gasteiger partial charge in [-0.1, -0.05) is 22.9 Å². The van der Waals surface area contributed by atoms with E-state index in [2.05, 4.69) is 10.1 Å². The number of hydrogen-bond donors (Lipinski definition) is 0. The largest absolute Gasteiger partial charge is 0.497 e.